The summed E-state index contributed by atoms with van der Waals surface area (Å²) >= 11 is 0. The van der Waals surface area contributed by atoms with Crippen LogP contribution in [0.5, 0.6) is 5.75 Å². The van der Waals surface area contributed by atoms with E-state index in [-0.39, 0.29) is 11.3 Å². The Morgan fingerprint density at radius 1 is 1.47 bits per heavy atom. The Morgan fingerprint density at radius 2 is 2.13 bits per heavy atom. The second kappa shape index (κ2) is 4.04. The summed E-state index contributed by atoms with van der Waals surface area (Å²) in [6.07, 6.45) is -3.87. The van der Waals surface area contributed by atoms with E-state index in [1.807, 2.05) is 0 Å². The minimum atomic E-state index is -4.30. The molecule has 0 atom stereocenters. The van der Waals surface area contributed by atoms with Gasteiger partial charge in [0.15, 0.2) is 0 Å². The van der Waals surface area contributed by atoms with Crippen LogP contribution in [0, 0.1) is 0 Å². The van der Waals surface area contributed by atoms with E-state index in [0.717, 1.165) is 12.1 Å². The van der Waals surface area contributed by atoms with Gasteiger partial charge in [0.2, 0.25) is 0 Å². The maximum atomic E-state index is 12.6. The first-order valence-corrected chi connectivity index (χ1v) is 3.81. The molecule has 0 heterocycles. The van der Waals surface area contributed by atoms with Crippen molar-refractivity contribution in [1.29, 1.82) is 0 Å². The zero-order valence-corrected chi connectivity index (χ0v) is 7.31. The third-order valence-electron chi connectivity index (χ3n) is 1.49. The van der Waals surface area contributed by atoms with E-state index in [0.29, 0.717) is 6.29 Å². The first-order valence-electron chi connectivity index (χ1n) is 3.81. The predicted octanol–water partition coefficient (Wildman–Crippen LogP) is 1.56. The molecule has 1 aromatic rings. The van der Waals surface area contributed by atoms with Crippen molar-refractivity contribution in [3.63, 3.8) is 0 Å². The minimum absolute atomic E-state index is 0.119. The number of alkyl halides is 2. The molecule has 0 saturated carbocycles. The third-order valence-corrected chi connectivity index (χ3v) is 1.49. The number of carbonyl (C=O) groups is 2. The van der Waals surface area contributed by atoms with Gasteiger partial charge in [-0.15, -0.1) is 0 Å². The lowest BCUT2D eigenvalue weighted by Crippen LogP contribution is -2.34. The van der Waals surface area contributed by atoms with Crippen LogP contribution in [0.25, 0.3) is 0 Å². The van der Waals surface area contributed by atoms with Crippen LogP contribution in [0.2, 0.25) is 0 Å². The fourth-order valence-electron chi connectivity index (χ4n) is 0.843. The minimum Gasteiger partial charge on any atom is -0.474 e. The van der Waals surface area contributed by atoms with Crippen molar-refractivity contribution in [1.82, 2.24) is 0 Å². The topological polar surface area (TPSA) is 63.6 Å². The molecule has 0 fully saturated rings. The average molecular weight is 216 g/mol. The van der Waals surface area contributed by atoms with Crippen molar-refractivity contribution in [3.05, 3.63) is 29.8 Å². The molecule has 0 spiro atoms. The number of carboxylic acid groups (broad SMARTS) is 1. The SMILES string of the molecule is O=Cc1cccc(OC(F)(F)C(=O)O)c1. The van der Waals surface area contributed by atoms with Crippen LogP contribution in [0.15, 0.2) is 24.3 Å². The van der Waals surface area contributed by atoms with Gasteiger partial charge < -0.3 is 9.84 Å². The summed E-state index contributed by atoms with van der Waals surface area (Å²) in [4.78, 5) is 20.3. The Labute approximate surface area is 83.1 Å². The fourth-order valence-corrected chi connectivity index (χ4v) is 0.843. The smallest absolute Gasteiger partial charge is 0.474 e. The van der Waals surface area contributed by atoms with E-state index in [4.69, 9.17) is 5.11 Å². The Hall–Kier alpha value is -1.98. The van der Waals surface area contributed by atoms with Crippen molar-refractivity contribution in [2.24, 2.45) is 0 Å². The number of hydrogen-bond acceptors (Lipinski definition) is 3. The predicted molar refractivity (Wildman–Crippen MR) is 45.0 cm³/mol. The zero-order chi connectivity index (χ0) is 11.5. The second-order valence-corrected chi connectivity index (χ2v) is 2.61. The number of ether oxygens (including phenoxy) is 1. The molecule has 0 saturated heterocycles. The van der Waals surface area contributed by atoms with E-state index in [9.17, 15) is 18.4 Å². The van der Waals surface area contributed by atoms with Crippen molar-refractivity contribution < 1.29 is 28.2 Å². The lowest BCUT2D eigenvalue weighted by Gasteiger charge is -2.12. The number of halogens is 2. The van der Waals surface area contributed by atoms with E-state index < -0.39 is 12.1 Å². The molecule has 0 aliphatic heterocycles. The van der Waals surface area contributed by atoms with Gasteiger partial charge in [0, 0.05) is 5.56 Å². The Bertz CT molecular complexity index is 389. The monoisotopic (exact) mass is 216 g/mol. The number of benzene rings is 1. The first-order chi connectivity index (χ1) is 6.95. The average Bonchev–Trinajstić information content (AvgIpc) is 2.17. The van der Waals surface area contributed by atoms with Gasteiger partial charge in [-0.2, -0.15) is 8.78 Å². The van der Waals surface area contributed by atoms with Gasteiger partial charge >= 0.3 is 12.1 Å². The highest BCUT2D eigenvalue weighted by Gasteiger charge is 2.42. The highest BCUT2D eigenvalue weighted by molar-refractivity contribution is 5.76. The summed E-state index contributed by atoms with van der Waals surface area (Å²) in [6.45, 7) is 0. The number of aldehydes is 1. The lowest BCUT2D eigenvalue weighted by atomic mass is 10.2. The summed E-state index contributed by atoms with van der Waals surface area (Å²) in [6, 6.07) is 4.82. The van der Waals surface area contributed by atoms with Crippen LogP contribution in [0.3, 0.4) is 0 Å². The van der Waals surface area contributed by atoms with Crippen molar-refractivity contribution in [3.8, 4) is 5.75 Å². The standard InChI is InChI=1S/C9H6F2O4/c10-9(11,8(13)14)15-7-3-1-2-6(4-7)5-12/h1-5H,(H,13,14). The Balaban J connectivity index is 2.89. The van der Waals surface area contributed by atoms with Crippen LogP contribution in [0.4, 0.5) is 8.78 Å². The first kappa shape index (κ1) is 11.1. The summed E-state index contributed by atoms with van der Waals surface area (Å²) in [5.41, 5.74) is 0.119. The quantitative estimate of drug-likeness (QED) is 0.775. The molecule has 0 radical (unpaired) electrons. The van der Waals surface area contributed by atoms with Crippen LogP contribution in [0.1, 0.15) is 10.4 Å². The second-order valence-electron chi connectivity index (χ2n) is 2.61. The summed E-state index contributed by atoms with van der Waals surface area (Å²) in [7, 11) is 0. The molecule has 0 unspecified atom stereocenters. The molecule has 0 amide bonds. The van der Waals surface area contributed by atoms with E-state index in [1.165, 1.54) is 12.1 Å². The van der Waals surface area contributed by atoms with Crippen molar-refractivity contribution in [2.75, 3.05) is 0 Å². The molecular formula is C9H6F2O4. The van der Waals surface area contributed by atoms with E-state index >= 15 is 0 Å². The molecule has 15 heavy (non-hydrogen) atoms. The Kier molecular flexibility index (Phi) is 2.99. The zero-order valence-electron chi connectivity index (χ0n) is 7.31. The van der Waals surface area contributed by atoms with Crippen LogP contribution in [-0.2, 0) is 4.79 Å². The lowest BCUT2D eigenvalue weighted by molar-refractivity contribution is -0.210. The van der Waals surface area contributed by atoms with Gasteiger partial charge in [0.1, 0.15) is 12.0 Å². The van der Waals surface area contributed by atoms with Gasteiger partial charge in [-0.05, 0) is 12.1 Å². The van der Waals surface area contributed by atoms with Gasteiger partial charge in [-0.25, -0.2) is 4.79 Å². The van der Waals surface area contributed by atoms with Crippen LogP contribution in [-0.4, -0.2) is 23.5 Å². The maximum absolute atomic E-state index is 12.6. The molecular weight excluding hydrogens is 210 g/mol. The maximum Gasteiger partial charge on any atom is 0.501 e. The molecule has 6 heteroatoms. The van der Waals surface area contributed by atoms with Crippen LogP contribution < -0.4 is 4.74 Å². The highest BCUT2D eigenvalue weighted by atomic mass is 19.3. The summed E-state index contributed by atoms with van der Waals surface area (Å²) in [5.74, 6) is -2.77. The fraction of sp³-hybridized carbons (Fsp3) is 0.111. The van der Waals surface area contributed by atoms with E-state index in [2.05, 4.69) is 4.74 Å². The summed E-state index contributed by atoms with van der Waals surface area (Å²) in [5, 5.41) is 8.08. The van der Waals surface area contributed by atoms with Crippen molar-refractivity contribution in [2.45, 2.75) is 6.11 Å². The number of aliphatic carboxylic acids is 1. The molecule has 1 aromatic carbocycles. The Morgan fingerprint density at radius 3 is 2.67 bits per heavy atom. The molecule has 0 aromatic heterocycles. The number of rotatable bonds is 4. The molecule has 0 aliphatic rings. The largest absolute Gasteiger partial charge is 0.501 e. The molecule has 4 nitrogen and oxygen atoms in total. The van der Waals surface area contributed by atoms with Gasteiger partial charge in [0.05, 0.1) is 0 Å². The molecule has 0 bridgehead atoms. The molecule has 1 rings (SSSR count). The van der Waals surface area contributed by atoms with Crippen molar-refractivity contribution >= 4 is 12.3 Å². The normalized spacial score (nSPS) is 10.8. The number of carboxylic acids is 1. The highest BCUT2D eigenvalue weighted by Crippen LogP contribution is 2.22. The molecule has 80 valence electrons. The van der Waals surface area contributed by atoms with Gasteiger partial charge in [0.25, 0.3) is 0 Å². The van der Waals surface area contributed by atoms with Gasteiger partial charge in [-0.1, -0.05) is 12.1 Å². The van der Waals surface area contributed by atoms with Crippen LogP contribution >= 0.6 is 0 Å². The van der Waals surface area contributed by atoms with E-state index in [1.54, 1.807) is 0 Å². The van der Waals surface area contributed by atoms with Gasteiger partial charge in [-0.3, -0.25) is 4.79 Å². The number of hydrogen-bond donors (Lipinski definition) is 1. The molecule has 0 aliphatic carbocycles. The third kappa shape index (κ3) is 2.73. The number of carbonyl (C=O) groups excluding carboxylic acids is 1. The summed E-state index contributed by atoms with van der Waals surface area (Å²) < 4.78 is 29.0. The molecule has 1 N–H and O–H groups in total.